The third kappa shape index (κ3) is 15.4. The molecule has 78 heavy (non-hydrogen) atoms. The SMILES string of the molecule is O=C(CC(Cc1ccc(-c2cccc(CC(NC(=O)CC(Cc3ccccc3)NC(=O)C3CC(O)CN3)C(=O)N3CCCC3C(=O)O)c2)cc1)NC(=O)C1CC(O)CN1C(=O)C1CCCN1)NC(Cc1ccccc1)C(=O)O. The first-order valence-electron chi connectivity index (χ1n) is 26.9. The fourth-order valence-corrected chi connectivity index (χ4v) is 11.1. The van der Waals surface area contributed by atoms with Crippen LogP contribution < -0.4 is 31.9 Å². The Morgan fingerprint density at radius 3 is 1.76 bits per heavy atom. The van der Waals surface area contributed by atoms with Crippen molar-refractivity contribution in [2.45, 2.75) is 138 Å². The monoisotopic (exact) mass is 1070 g/mol. The number of carboxylic acid groups (broad SMARTS) is 2. The maximum Gasteiger partial charge on any atom is 0.326 e. The zero-order valence-corrected chi connectivity index (χ0v) is 43.4. The van der Waals surface area contributed by atoms with Crippen molar-refractivity contribution in [2.24, 2.45) is 0 Å². The van der Waals surface area contributed by atoms with Crippen molar-refractivity contribution in [3.8, 4) is 11.1 Å². The van der Waals surface area contributed by atoms with Crippen LogP contribution in [0.2, 0.25) is 0 Å². The summed E-state index contributed by atoms with van der Waals surface area (Å²) < 4.78 is 0. The average Bonchev–Trinajstić information content (AvgIpc) is 4.29. The van der Waals surface area contributed by atoms with Crippen LogP contribution in [0.1, 0.15) is 73.6 Å². The van der Waals surface area contributed by atoms with Gasteiger partial charge in [-0.2, -0.15) is 0 Å². The van der Waals surface area contributed by atoms with Crippen molar-refractivity contribution in [2.75, 3.05) is 26.2 Å². The first kappa shape index (κ1) is 56.7. The molecular weight excluding hydrogens is 1000 g/mol. The number of rotatable bonds is 23. The van der Waals surface area contributed by atoms with Crippen molar-refractivity contribution in [1.82, 2.24) is 41.7 Å². The molecule has 4 aromatic carbocycles. The number of aliphatic carboxylic acids is 2. The third-order valence-corrected chi connectivity index (χ3v) is 15.0. The summed E-state index contributed by atoms with van der Waals surface area (Å²) in [5.41, 5.74) is 4.47. The van der Waals surface area contributed by atoms with Crippen LogP contribution in [0.25, 0.3) is 11.1 Å². The summed E-state index contributed by atoms with van der Waals surface area (Å²) >= 11 is 0. The van der Waals surface area contributed by atoms with E-state index in [-0.39, 0.29) is 82.8 Å². The van der Waals surface area contributed by atoms with E-state index in [1.807, 2.05) is 66.7 Å². The lowest BCUT2D eigenvalue weighted by molar-refractivity contribution is -0.149. The zero-order valence-electron chi connectivity index (χ0n) is 43.4. The maximum absolute atomic E-state index is 14.4. The van der Waals surface area contributed by atoms with E-state index >= 15 is 0 Å². The summed E-state index contributed by atoms with van der Waals surface area (Å²) in [6.07, 6.45) is 0.785. The molecule has 0 saturated carbocycles. The van der Waals surface area contributed by atoms with Gasteiger partial charge in [0, 0.05) is 63.8 Å². The first-order chi connectivity index (χ1) is 37.6. The highest BCUT2D eigenvalue weighted by Crippen LogP contribution is 2.26. The number of aliphatic hydroxyl groups is 2. The van der Waals surface area contributed by atoms with Gasteiger partial charge in [0.2, 0.25) is 35.4 Å². The number of likely N-dealkylation sites (tertiary alicyclic amines) is 2. The van der Waals surface area contributed by atoms with Crippen LogP contribution in [0.15, 0.2) is 109 Å². The van der Waals surface area contributed by atoms with E-state index < -0.39 is 96.1 Å². The van der Waals surface area contributed by atoms with Gasteiger partial charge in [-0.25, -0.2) is 9.59 Å². The lowest BCUT2D eigenvalue weighted by Crippen LogP contribution is -2.54. The molecule has 20 heteroatoms. The summed E-state index contributed by atoms with van der Waals surface area (Å²) in [5.74, 6) is -5.24. The number of carboxylic acids is 2. The van der Waals surface area contributed by atoms with Gasteiger partial charge in [-0.1, -0.05) is 109 Å². The van der Waals surface area contributed by atoms with Crippen LogP contribution in [0.4, 0.5) is 0 Å². The van der Waals surface area contributed by atoms with Crippen LogP contribution in [0.5, 0.6) is 0 Å². The van der Waals surface area contributed by atoms with Gasteiger partial charge in [0.1, 0.15) is 24.2 Å². The predicted octanol–water partition coefficient (Wildman–Crippen LogP) is 1.24. The van der Waals surface area contributed by atoms with Crippen LogP contribution in [0.3, 0.4) is 0 Å². The summed E-state index contributed by atoms with van der Waals surface area (Å²) in [7, 11) is 0. The molecule has 0 spiro atoms. The molecule has 4 aliphatic rings. The molecule has 10 N–H and O–H groups in total. The van der Waals surface area contributed by atoms with E-state index in [2.05, 4.69) is 31.9 Å². The molecule has 8 rings (SSSR count). The Morgan fingerprint density at radius 1 is 0.551 bits per heavy atom. The smallest absolute Gasteiger partial charge is 0.326 e. The fraction of sp³-hybridized carbons (Fsp3) is 0.448. The normalized spacial score (nSPS) is 22.4. The molecule has 10 atom stereocenters. The van der Waals surface area contributed by atoms with Crippen LogP contribution in [-0.2, 0) is 64.0 Å². The minimum atomic E-state index is -1.25. The molecule has 20 nitrogen and oxygen atoms in total. The summed E-state index contributed by atoms with van der Waals surface area (Å²) in [6.45, 7) is 1.12. The number of carbonyl (C=O) groups excluding carboxylic acids is 6. The Morgan fingerprint density at radius 2 is 1.15 bits per heavy atom. The minimum Gasteiger partial charge on any atom is -0.480 e. The number of carbonyl (C=O) groups is 8. The van der Waals surface area contributed by atoms with E-state index in [1.165, 1.54) is 9.80 Å². The lowest BCUT2D eigenvalue weighted by atomic mass is 9.96. The standard InChI is InChI=1S/C58H70N8O12/c67-43-31-46(60-33-43)53(71)61-41(25-35-10-3-1-4-11-35)29-51(69)63-47(56(74)65-23-9-17-49(65)58(77)78)28-38-14-7-15-40(24-38)39-20-18-37(19-21-39)26-42(30-52(70)64-48(57(75)76)27-36-12-5-2-6-13-36)62-54(72)50-32-44(68)34-66(50)55(73)45-16-8-22-59-45/h1-7,10-15,18-21,24,41-50,59-60,67-68H,8-9,16-17,22-23,25-34H2,(H,61,71)(H,62,72)(H,63,69)(H,64,70)(H,75,76)(H,77,78). The molecular formula is C58H70N8O12. The minimum absolute atomic E-state index is 0.00860. The Labute approximate surface area is 452 Å². The Kier molecular flexibility index (Phi) is 19.4. The zero-order chi connectivity index (χ0) is 55.3. The molecule has 0 bridgehead atoms. The predicted molar refractivity (Wildman–Crippen MR) is 286 cm³/mol. The maximum atomic E-state index is 14.4. The van der Waals surface area contributed by atoms with Gasteiger partial charge < -0.3 is 62.1 Å². The number of benzene rings is 4. The van der Waals surface area contributed by atoms with Gasteiger partial charge >= 0.3 is 11.9 Å². The molecule has 4 aliphatic heterocycles. The molecule has 414 valence electrons. The van der Waals surface area contributed by atoms with Gasteiger partial charge in [0.15, 0.2) is 0 Å². The van der Waals surface area contributed by atoms with Crippen LogP contribution in [0, 0.1) is 0 Å². The molecule has 4 fully saturated rings. The molecule has 4 saturated heterocycles. The summed E-state index contributed by atoms with van der Waals surface area (Å²) in [5, 5.41) is 58.4. The fourth-order valence-electron chi connectivity index (χ4n) is 11.1. The highest BCUT2D eigenvalue weighted by atomic mass is 16.4. The van der Waals surface area contributed by atoms with E-state index in [1.54, 1.807) is 42.5 Å². The summed E-state index contributed by atoms with van der Waals surface area (Å²) in [4.78, 5) is 110. The molecule has 6 amide bonds. The second kappa shape index (κ2) is 26.7. The Hall–Kier alpha value is -7.52. The topological polar surface area (TPSA) is 296 Å². The second-order valence-corrected chi connectivity index (χ2v) is 21.0. The number of nitrogens with one attached hydrogen (secondary N) is 6. The van der Waals surface area contributed by atoms with E-state index in [9.17, 15) is 58.8 Å². The average molecular weight is 1070 g/mol. The first-order valence-corrected chi connectivity index (χ1v) is 26.9. The van der Waals surface area contributed by atoms with E-state index in [0.29, 0.717) is 42.5 Å². The highest BCUT2D eigenvalue weighted by Gasteiger charge is 2.43. The number of β-amino-alcohol motifs (C(OH)–C–C–N with tert-alkyl or cyclic N) is 2. The quantitative estimate of drug-likeness (QED) is 0.0501. The molecule has 4 aromatic rings. The molecule has 0 aromatic heterocycles. The van der Waals surface area contributed by atoms with Gasteiger partial charge in [-0.15, -0.1) is 0 Å². The highest BCUT2D eigenvalue weighted by molar-refractivity contribution is 5.93. The second-order valence-electron chi connectivity index (χ2n) is 21.0. The van der Waals surface area contributed by atoms with Crippen LogP contribution >= 0.6 is 0 Å². The third-order valence-electron chi connectivity index (χ3n) is 15.0. The Balaban J connectivity index is 0.984. The number of nitrogens with zero attached hydrogens (tertiary/aromatic N) is 2. The number of hydrogen-bond donors (Lipinski definition) is 10. The molecule has 0 radical (unpaired) electrons. The Bertz CT molecular complexity index is 2760. The van der Waals surface area contributed by atoms with E-state index in [0.717, 1.165) is 23.1 Å². The van der Waals surface area contributed by atoms with Gasteiger partial charge in [-0.3, -0.25) is 28.8 Å². The van der Waals surface area contributed by atoms with Gasteiger partial charge in [0.05, 0.1) is 24.3 Å². The number of hydrogen-bond acceptors (Lipinski definition) is 12. The molecule has 4 heterocycles. The van der Waals surface area contributed by atoms with Gasteiger partial charge in [0.25, 0.3) is 0 Å². The number of aliphatic hydroxyl groups excluding tert-OH is 2. The molecule has 10 unspecified atom stereocenters. The van der Waals surface area contributed by atoms with Crippen molar-refractivity contribution in [3.63, 3.8) is 0 Å². The molecule has 0 aliphatic carbocycles. The van der Waals surface area contributed by atoms with Crippen molar-refractivity contribution < 1.29 is 58.8 Å². The summed E-state index contributed by atoms with van der Waals surface area (Å²) in [6, 6.07) is 25.8. The van der Waals surface area contributed by atoms with Crippen molar-refractivity contribution in [3.05, 3.63) is 131 Å². The lowest BCUT2D eigenvalue weighted by Gasteiger charge is -2.28. The van der Waals surface area contributed by atoms with Gasteiger partial charge in [-0.05, 0) is 84.9 Å². The van der Waals surface area contributed by atoms with Crippen molar-refractivity contribution in [1.29, 1.82) is 0 Å². The number of amides is 6. The van der Waals surface area contributed by atoms with Crippen molar-refractivity contribution >= 4 is 47.4 Å². The van der Waals surface area contributed by atoms with Crippen LogP contribution in [-0.4, -0.2) is 164 Å². The van der Waals surface area contributed by atoms with E-state index in [4.69, 9.17) is 0 Å². The largest absolute Gasteiger partial charge is 0.480 e.